The number of aryl methyl sites for hydroxylation is 1. The Morgan fingerprint density at radius 1 is 1.27 bits per heavy atom. The number of diazo groups is 1. The molecule has 0 atom stereocenters. The molecule has 0 bridgehead atoms. The Morgan fingerprint density at radius 2 is 1.73 bits per heavy atom. The summed E-state index contributed by atoms with van der Waals surface area (Å²) in [5.41, 5.74) is 1.65. The fraction of sp³-hybridized carbons (Fsp3) is 0.143. The highest BCUT2D eigenvalue weighted by Crippen LogP contribution is 2.25. The van der Waals surface area contributed by atoms with E-state index in [1.807, 2.05) is 19.1 Å². The summed E-state index contributed by atoms with van der Waals surface area (Å²) in [6.07, 6.45) is 0. The molecule has 2 nitrogen and oxygen atoms in total. The van der Waals surface area contributed by atoms with Gasteiger partial charge in [0.05, 0.1) is 0 Å². The van der Waals surface area contributed by atoms with Crippen molar-refractivity contribution in [1.82, 2.24) is 0 Å². The van der Waals surface area contributed by atoms with E-state index in [1.165, 1.54) is 0 Å². The SMILES string of the molecule is Cc1ccc(Br)c([N+]#N)c1.F[B-](F)(F)F. The van der Waals surface area contributed by atoms with Gasteiger partial charge in [0, 0.05) is 6.07 Å². The van der Waals surface area contributed by atoms with Gasteiger partial charge in [-0.3, -0.25) is 0 Å². The highest BCUT2D eigenvalue weighted by molar-refractivity contribution is 9.10. The molecule has 0 unspecified atom stereocenters. The van der Waals surface area contributed by atoms with Crippen LogP contribution in [0.1, 0.15) is 5.56 Å². The second-order valence-electron chi connectivity index (χ2n) is 2.55. The van der Waals surface area contributed by atoms with E-state index in [2.05, 4.69) is 20.9 Å². The van der Waals surface area contributed by atoms with Crippen LogP contribution in [0.2, 0.25) is 0 Å². The molecular weight excluding hydrogens is 279 g/mol. The van der Waals surface area contributed by atoms with Gasteiger partial charge in [0.1, 0.15) is 4.47 Å². The highest BCUT2D eigenvalue weighted by atomic mass is 79.9. The zero-order valence-electron chi connectivity index (χ0n) is 7.59. The molecule has 0 aliphatic rings. The Labute approximate surface area is 92.1 Å². The van der Waals surface area contributed by atoms with Gasteiger partial charge in [-0.25, -0.2) is 0 Å². The maximum absolute atomic E-state index is 9.75. The van der Waals surface area contributed by atoms with Gasteiger partial charge < -0.3 is 17.3 Å². The van der Waals surface area contributed by atoms with Crippen molar-refractivity contribution in [3.05, 3.63) is 33.2 Å². The molecular formula is C7H6BBrF4N2. The highest BCUT2D eigenvalue weighted by Gasteiger charge is 2.20. The standard InChI is InChI=1S/C7H6BrN2.BF4/c1-5-2-3-6(8)7(4-5)10-9;2-1(3,4)5/h2-4H,1H3;/q+1;-1. The van der Waals surface area contributed by atoms with Crippen LogP contribution in [0.15, 0.2) is 22.7 Å². The number of nitrogens with zero attached hydrogens (tertiary/aromatic N) is 2. The molecule has 0 fully saturated rings. The zero-order valence-corrected chi connectivity index (χ0v) is 9.18. The molecule has 0 aliphatic heterocycles. The van der Waals surface area contributed by atoms with Gasteiger partial charge >= 0.3 is 12.9 Å². The van der Waals surface area contributed by atoms with E-state index in [4.69, 9.17) is 5.39 Å². The van der Waals surface area contributed by atoms with Crippen LogP contribution in [0.4, 0.5) is 23.0 Å². The van der Waals surface area contributed by atoms with Crippen LogP contribution in [-0.4, -0.2) is 7.25 Å². The summed E-state index contributed by atoms with van der Waals surface area (Å²) in [7, 11) is -6.00. The number of hydrogen-bond donors (Lipinski definition) is 0. The molecule has 0 aliphatic carbocycles. The Kier molecular flexibility index (Phi) is 5.29. The maximum atomic E-state index is 9.75. The Bertz CT molecular complexity index is 368. The van der Waals surface area contributed by atoms with Crippen LogP contribution < -0.4 is 0 Å². The summed E-state index contributed by atoms with van der Waals surface area (Å²) >= 11 is 3.24. The number of halogens is 5. The monoisotopic (exact) mass is 284 g/mol. The van der Waals surface area contributed by atoms with Crippen molar-refractivity contribution in [2.24, 2.45) is 0 Å². The first-order valence-electron chi connectivity index (χ1n) is 3.72. The predicted molar refractivity (Wildman–Crippen MR) is 53.8 cm³/mol. The summed E-state index contributed by atoms with van der Waals surface area (Å²) < 4.78 is 39.8. The maximum Gasteiger partial charge on any atom is 0.673 e. The molecule has 0 spiro atoms. The molecule has 0 radical (unpaired) electrons. The third-order valence-corrected chi connectivity index (χ3v) is 1.88. The van der Waals surface area contributed by atoms with Gasteiger partial charge in [-0.05, 0) is 34.5 Å². The molecule has 1 aromatic rings. The van der Waals surface area contributed by atoms with Gasteiger partial charge in [-0.1, -0.05) is 6.07 Å². The van der Waals surface area contributed by atoms with E-state index >= 15 is 0 Å². The molecule has 0 N–H and O–H groups in total. The largest absolute Gasteiger partial charge is 0.673 e. The van der Waals surface area contributed by atoms with Crippen LogP contribution in [0.3, 0.4) is 0 Å². The van der Waals surface area contributed by atoms with Gasteiger partial charge in [-0.2, -0.15) is 0 Å². The minimum absolute atomic E-state index is 0.569. The second-order valence-corrected chi connectivity index (χ2v) is 3.40. The Balaban J connectivity index is 0.000000336. The molecule has 82 valence electrons. The normalized spacial score (nSPS) is 9.93. The predicted octanol–water partition coefficient (Wildman–Crippen LogP) is 4.54. The molecule has 15 heavy (non-hydrogen) atoms. The summed E-state index contributed by atoms with van der Waals surface area (Å²) in [4.78, 5) is 3.08. The van der Waals surface area contributed by atoms with Gasteiger partial charge in [-0.15, -0.1) is 0 Å². The van der Waals surface area contributed by atoms with E-state index in [0.29, 0.717) is 5.69 Å². The molecule has 0 aromatic heterocycles. The zero-order chi connectivity index (χ0) is 12.1. The Hall–Kier alpha value is -1.10. The van der Waals surface area contributed by atoms with Crippen molar-refractivity contribution >= 4 is 28.9 Å². The van der Waals surface area contributed by atoms with Gasteiger partial charge in [0.25, 0.3) is 0 Å². The molecule has 1 aromatic carbocycles. The second kappa shape index (κ2) is 5.71. The van der Waals surface area contributed by atoms with Crippen molar-refractivity contribution in [3.63, 3.8) is 0 Å². The quantitative estimate of drug-likeness (QED) is 0.390. The van der Waals surface area contributed by atoms with E-state index < -0.39 is 7.25 Å². The fourth-order valence-electron chi connectivity index (χ4n) is 0.699. The van der Waals surface area contributed by atoms with Crippen LogP contribution in [0, 0.1) is 12.3 Å². The van der Waals surface area contributed by atoms with E-state index in [0.717, 1.165) is 10.0 Å². The lowest BCUT2D eigenvalue weighted by Gasteiger charge is -1.94. The summed E-state index contributed by atoms with van der Waals surface area (Å²) in [5, 5.41) is 8.44. The van der Waals surface area contributed by atoms with Crippen molar-refractivity contribution in [2.75, 3.05) is 0 Å². The molecule has 0 saturated heterocycles. The lowest BCUT2D eigenvalue weighted by atomic mass is 10.2. The first kappa shape index (κ1) is 13.9. The van der Waals surface area contributed by atoms with Crippen molar-refractivity contribution in [1.29, 1.82) is 5.39 Å². The van der Waals surface area contributed by atoms with E-state index in [1.54, 1.807) is 6.07 Å². The average Bonchev–Trinajstić information content (AvgIpc) is 2.06. The molecule has 1 rings (SSSR count). The van der Waals surface area contributed by atoms with Gasteiger partial charge in [0.15, 0.2) is 4.98 Å². The van der Waals surface area contributed by atoms with Crippen molar-refractivity contribution < 1.29 is 17.3 Å². The van der Waals surface area contributed by atoms with Crippen LogP contribution in [0.25, 0.3) is 4.98 Å². The van der Waals surface area contributed by atoms with Gasteiger partial charge in [0.2, 0.25) is 5.39 Å². The Morgan fingerprint density at radius 3 is 2.07 bits per heavy atom. The number of rotatable bonds is 0. The topological polar surface area (TPSA) is 28.1 Å². The van der Waals surface area contributed by atoms with Crippen molar-refractivity contribution in [2.45, 2.75) is 6.92 Å². The number of benzene rings is 1. The molecule has 0 heterocycles. The smallest absolute Gasteiger partial charge is 0.418 e. The molecule has 0 saturated carbocycles. The molecule has 8 heteroatoms. The van der Waals surface area contributed by atoms with E-state index in [9.17, 15) is 17.3 Å². The fourth-order valence-corrected chi connectivity index (χ4v) is 1.03. The molecule has 0 amide bonds. The lowest BCUT2D eigenvalue weighted by molar-refractivity contribution is 0.368. The average molecular weight is 285 g/mol. The number of hydrogen-bond acceptors (Lipinski definition) is 1. The minimum Gasteiger partial charge on any atom is -0.418 e. The van der Waals surface area contributed by atoms with Crippen molar-refractivity contribution in [3.8, 4) is 0 Å². The lowest BCUT2D eigenvalue weighted by Crippen LogP contribution is -2.02. The third kappa shape index (κ3) is 7.94. The van der Waals surface area contributed by atoms with Crippen LogP contribution in [0.5, 0.6) is 0 Å². The minimum atomic E-state index is -6.00. The summed E-state index contributed by atoms with van der Waals surface area (Å²) in [6.45, 7) is 1.95. The summed E-state index contributed by atoms with van der Waals surface area (Å²) in [5.74, 6) is 0. The van der Waals surface area contributed by atoms with E-state index in [-0.39, 0.29) is 0 Å². The van der Waals surface area contributed by atoms with Crippen LogP contribution in [-0.2, 0) is 0 Å². The first-order valence-corrected chi connectivity index (χ1v) is 4.52. The first-order chi connectivity index (χ1) is 6.74. The summed E-state index contributed by atoms with van der Waals surface area (Å²) in [6, 6.07) is 5.59. The van der Waals surface area contributed by atoms with Crippen LogP contribution >= 0.6 is 15.9 Å². The third-order valence-electron chi connectivity index (χ3n) is 1.21.